The van der Waals surface area contributed by atoms with Gasteiger partial charge in [0.05, 0.1) is 13.5 Å². The fraction of sp³-hybridized carbons (Fsp3) is 0.600. The molecule has 0 bridgehead atoms. The summed E-state index contributed by atoms with van der Waals surface area (Å²) in [7, 11) is 1.59. The van der Waals surface area contributed by atoms with Crippen LogP contribution in [0, 0.1) is 11.8 Å². The largest absolute Gasteiger partial charge is 0.497 e. The average molecular weight is 347 g/mol. The highest BCUT2D eigenvalue weighted by Gasteiger charge is 2.30. The second-order valence-electron chi connectivity index (χ2n) is 7.04. The van der Waals surface area contributed by atoms with Crippen molar-refractivity contribution < 1.29 is 19.1 Å². The van der Waals surface area contributed by atoms with E-state index < -0.39 is 12.1 Å². The Kier molecular flexibility index (Phi) is 6.85. The molecule has 0 spiro atoms. The van der Waals surface area contributed by atoms with Gasteiger partial charge in [-0.25, -0.2) is 0 Å². The zero-order valence-corrected chi connectivity index (χ0v) is 15.6. The molecule has 0 radical (unpaired) electrons. The molecule has 0 heterocycles. The maximum absolute atomic E-state index is 12.3. The number of rotatable bonds is 6. The van der Waals surface area contributed by atoms with Gasteiger partial charge in [-0.2, -0.15) is 0 Å². The number of ether oxygens (including phenoxy) is 2. The molecular weight excluding hydrogens is 318 g/mol. The Hall–Kier alpha value is -2.04. The summed E-state index contributed by atoms with van der Waals surface area (Å²) in [5, 5.41) is 3.05. The Morgan fingerprint density at radius 1 is 1.20 bits per heavy atom. The number of benzene rings is 1. The van der Waals surface area contributed by atoms with Crippen LogP contribution in [0.2, 0.25) is 0 Å². The van der Waals surface area contributed by atoms with E-state index in [1.54, 1.807) is 26.2 Å². The first kappa shape index (κ1) is 19.3. The molecule has 5 nitrogen and oxygen atoms in total. The lowest BCUT2D eigenvalue weighted by Gasteiger charge is -2.35. The van der Waals surface area contributed by atoms with Gasteiger partial charge in [0.2, 0.25) is 0 Å². The van der Waals surface area contributed by atoms with Gasteiger partial charge in [-0.05, 0) is 42.9 Å². The molecule has 1 aromatic rings. The van der Waals surface area contributed by atoms with Crippen molar-refractivity contribution >= 4 is 11.9 Å². The predicted octanol–water partition coefficient (Wildman–Crippen LogP) is 3.11. The second-order valence-corrected chi connectivity index (χ2v) is 7.04. The average Bonchev–Trinajstić information content (AvgIpc) is 2.59. The van der Waals surface area contributed by atoms with E-state index >= 15 is 0 Å². The Bertz CT molecular complexity index is 584. The van der Waals surface area contributed by atoms with Gasteiger partial charge in [-0.3, -0.25) is 9.59 Å². The van der Waals surface area contributed by atoms with Crippen LogP contribution in [0.15, 0.2) is 24.3 Å². The summed E-state index contributed by atoms with van der Waals surface area (Å²) in [5.41, 5.74) is 0.827. The Balaban J connectivity index is 1.82. The van der Waals surface area contributed by atoms with Gasteiger partial charge in [-0.15, -0.1) is 0 Å². The quantitative estimate of drug-likeness (QED) is 0.803. The summed E-state index contributed by atoms with van der Waals surface area (Å²) in [6.45, 7) is 6.02. The molecule has 1 aromatic carbocycles. The third kappa shape index (κ3) is 5.48. The van der Waals surface area contributed by atoms with Crippen molar-refractivity contribution in [3.63, 3.8) is 0 Å². The van der Waals surface area contributed by atoms with E-state index in [-0.39, 0.29) is 18.4 Å². The fourth-order valence-corrected chi connectivity index (χ4v) is 3.29. The normalized spacial score (nSPS) is 24.2. The van der Waals surface area contributed by atoms with Crippen molar-refractivity contribution in [1.82, 2.24) is 5.32 Å². The molecule has 5 heteroatoms. The number of nitrogens with one attached hydrogen (secondary N) is 1. The van der Waals surface area contributed by atoms with Crippen molar-refractivity contribution in [1.29, 1.82) is 0 Å². The number of carbonyl (C=O) groups excluding carboxylic acids is 2. The van der Waals surface area contributed by atoms with E-state index in [2.05, 4.69) is 19.2 Å². The van der Waals surface area contributed by atoms with E-state index in [1.165, 1.54) is 6.42 Å². The fourth-order valence-electron chi connectivity index (χ4n) is 3.29. The van der Waals surface area contributed by atoms with E-state index in [4.69, 9.17) is 9.47 Å². The highest BCUT2D eigenvalue weighted by atomic mass is 16.5. The van der Waals surface area contributed by atoms with E-state index in [1.807, 2.05) is 12.1 Å². The summed E-state index contributed by atoms with van der Waals surface area (Å²) >= 11 is 0. The molecule has 1 saturated carbocycles. The lowest BCUT2D eigenvalue weighted by molar-refractivity contribution is -0.154. The van der Waals surface area contributed by atoms with Crippen molar-refractivity contribution in [3.05, 3.63) is 29.8 Å². The first-order valence-electron chi connectivity index (χ1n) is 9.03. The van der Waals surface area contributed by atoms with Crippen molar-refractivity contribution in [2.45, 2.75) is 58.6 Å². The van der Waals surface area contributed by atoms with Crippen LogP contribution in [-0.4, -0.2) is 31.1 Å². The van der Waals surface area contributed by atoms with Crippen molar-refractivity contribution in [3.8, 4) is 5.75 Å². The number of hydrogen-bond donors (Lipinski definition) is 1. The van der Waals surface area contributed by atoms with Crippen LogP contribution < -0.4 is 10.1 Å². The molecule has 2 rings (SSSR count). The van der Waals surface area contributed by atoms with Gasteiger partial charge in [0.15, 0.2) is 6.10 Å². The number of hydrogen-bond acceptors (Lipinski definition) is 4. The topological polar surface area (TPSA) is 64.6 Å². The molecule has 1 N–H and O–H groups in total. The zero-order valence-electron chi connectivity index (χ0n) is 15.6. The highest BCUT2D eigenvalue weighted by Crippen LogP contribution is 2.29. The molecule has 0 unspecified atom stereocenters. The number of esters is 1. The summed E-state index contributed by atoms with van der Waals surface area (Å²) < 4.78 is 10.4. The number of methoxy groups -OCH3 is 1. The first-order valence-corrected chi connectivity index (χ1v) is 9.03. The van der Waals surface area contributed by atoms with E-state index in [0.717, 1.165) is 24.2 Å². The predicted molar refractivity (Wildman–Crippen MR) is 96.4 cm³/mol. The van der Waals surface area contributed by atoms with Crippen molar-refractivity contribution in [2.75, 3.05) is 7.11 Å². The standard InChI is InChI=1S/C20H29NO4/c1-13-6-5-7-18(14(13)2)21-20(23)15(3)25-19(22)12-16-8-10-17(24-4)11-9-16/h8-11,13-15,18H,5-7,12H2,1-4H3,(H,21,23)/t13-,14+,15+,18+/m0/s1. The summed E-state index contributed by atoms with van der Waals surface area (Å²) in [5.74, 6) is 1.17. The van der Waals surface area contributed by atoms with E-state index in [0.29, 0.717) is 11.8 Å². The maximum atomic E-state index is 12.3. The minimum atomic E-state index is -0.782. The molecule has 1 aliphatic rings. The molecule has 0 aromatic heterocycles. The first-order chi connectivity index (χ1) is 11.9. The van der Waals surface area contributed by atoms with Crippen LogP contribution in [0.1, 0.15) is 45.6 Å². The maximum Gasteiger partial charge on any atom is 0.311 e. The van der Waals surface area contributed by atoms with Crippen LogP contribution in [-0.2, 0) is 20.7 Å². The Morgan fingerprint density at radius 3 is 2.52 bits per heavy atom. The summed E-state index contributed by atoms with van der Waals surface area (Å²) in [6, 6.07) is 7.39. The number of amides is 1. The molecule has 138 valence electrons. The molecule has 1 fully saturated rings. The van der Waals surface area contributed by atoms with Crippen LogP contribution in [0.5, 0.6) is 5.75 Å². The molecule has 0 saturated heterocycles. The van der Waals surface area contributed by atoms with Gasteiger partial charge in [0, 0.05) is 6.04 Å². The Morgan fingerprint density at radius 2 is 1.88 bits per heavy atom. The SMILES string of the molecule is COc1ccc(CC(=O)O[C@H](C)C(=O)N[C@@H]2CCC[C@H](C)[C@H]2C)cc1. The van der Waals surface area contributed by atoms with Crippen LogP contribution >= 0.6 is 0 Å². The molecule has 25 heavy (non-hydrogen) atoms. The lowest BCUT2D eigenvalue weighted by atomic mass is 9.78. The molecule has 4 atom stereocenters. The smallest absolute Gasteiger partial charge is 0.311 e. The molecule has 0 aliphatic heterocycles. The molecule has 1 amide bonds. The van der Waals surface area contributed by atoms with E-state index in [9.17, 15) is 9.59 Å². The summed E-state index contributed by atoms with van der Waals surface area (Å²) in [4.78, 5) is 24.4. The van der Waals surface area contributed by atoms with Crippen LogP contribution in [0.4, 0.5) is 0 Å². The van der Waals surface area contributed by atoms with Gasteiger partial charge in [-0.1, -0.05) is 38.8 Å². The lowest BCUT2D eigenvalue weighted by Crippen LogP contribution is -2.47. The summed E-state index contributed by atoms with van der Waals surface area (Å²) in [6.07, 6.45) is 2.68. The molecule has 1 aliphatic carbocycles. The molecular formula is C20H29NO4. The minimum Gasteiger partial charge on any atom is -0.497 e. The van der Waals surface area contributed by atoms with Gasteiger partial charge < -0.3 is 14.8 Å². The second kappa shape index (κ2) is 8.88. The van der Waals surface area contributed by atoms with Gasteiger partial charge in [0.25, 0.3) is 5.91 Å². The van der Waals surface area contributed by atoms with Gasteiger partial charge >= 0.3 is 5.97 Å². The highest BCUT2D eigenvalue weighted by molar-refractivity contribution is 5.84. The van der Waals surface area contributed by atoms with Crippen LogP contribution in [0.3, 0.4) is 0 Å². The third-order valence-corrected chi connectivity index (χ3v) is 5.22. The number of carbonyl (C=O) groups is 2. The van der Waals surface area contributed by atoms with Crippen molar-refractivity contribution in [2.24, 2.45) is 11.8 Å². The Labute approximate surface area is 150 Å². The monoisotopic (exact) mass is 347 g/mol. The zero-order chi connectivity index (χ0) is 18.4. The van der Waals surface area contributed by atoms with Crippen LogP contribution in [0.25, 0.3) is 0 Å². The minimum absolute atomic E-state index is 0.137. The van der Waals surface area contributed by atoms with Gasteiger partial charge in [0.1, 0.15) is 5.75 Å². The third-order valence-electron chi connectivity index (χ3n) is 5.22.